The van der Waals surface area contributed by atoms with Gasteiger partial charge in [0.25, 0.3) is 5.91 Å². The fourth-order valence-corrected chi connectivity index (χ4v) is 2.98. The van der Waals surface area contributed by atoms with E-state index < -0.39 is 18.0 Å². The van der Waals surface area contributed by atoms with E-state index in [0.717, 1.165) is 9.88 Å². The lowest BCUT2D eigenvalue weighted by Crippen LogP contribution is -2.30. The molecule has 0 aliphatic carbocycles. The van der Waals surface area contributed by atoms with Gasteiger partial charge in [0.15, 0.2) is 6.10 Å². The first-order chi connectivity index (χ1) is 9.06. The molecule has 5 nitrogen and oxygen atoms in total. The number of rotatable bonds is 5. The van der Waals surface area contributed by atoms with E-state index in [9.17, 15) is 9.59 Å². The average Bonchev–Trinajstić information content (AvgIpc) is 2.97. The van der Waals surface area contributed by atoms with E-state index >= 15 is 0 Å². The van der Waals surface area contributed by atoms with Crippen molar-refractivity contribution in [2.75, 3.05) is 0 Å². The molecule has 2 aromatic heterocycles. The number of esters is 1. The van der Waals surface area contributed by atoms with Crippen molar-refractivity contribution in [1.82, 2.24) is 4.98 Å². The van der Waals surface area contributed by atoms with Crippen LogP contribution in [0.2, 0.25) is 0 Å². The van der Waals surface area contributed by atoms with Gasteiger partial charge in [-0.2, -0.15) is 0 Å². The van der Waals surface area contributed by atoms with Gasteiger partial charge in [0, 0.05) is 5.38 Å². The molecule has 0 saturated carbocycles. The van der Waals surface area contributed by atoms with Crippen LogP contribution in [0.3, 0.4) is 0 Å². The predicted molar refractivity (Wildman–Crippen MR) is 73.9 cm³/mol. The number of hydrogen-bond acceptors (Lipinski definition) is 6. The second kappa shape index (κ2) is 5.94. The molecule has 0 unspecified atom stereocenters. The van der Waals surface area contributed by atoms with Crippen molar-refractivity contribution in [3.05, 3.63) is 28.6 Å². The smallest absolute Gasteiger partial charge is 0.312 e. The second-order valence-electron chi connectivity index (χ2n) is 3.83. The summed E-state index contributed by atoms with van der Waals surface area (Å²) in [6.45, 7) is 1.44. The average molecular weight is 296 g/mol. The van der Waals surface area contributed by atoms with E-state index in [4.69, 9.17) is 10.5 Å². The van der Waals surface area contributed by atoms with Gasteiger partial charge in [-0.3, -0.25) is 9.59 Å². The number of ether oxygens (including phenoxy) is 1. The molecule has 0 aliphatic heterocycles. The van der Waals surface area contributed by atoms with Crippen molar-refractivity contribution in [1.29, 1.82) is 0 Å². The largest absolute Gasteiger partial charge is 0.452 e. The zero-order chi connectivity index (χ0) is 13.8. The molecule has 7 heteroatoms. The maximum Gasteiger partial charge on any atom is 0.312 e. The molecular formula is C12H12N2O3S2. The Morgan fingerprint density at radius 2 is 2.26 bits per heavy atom. The highest BCUT2D eigenvalue weighted by molar-refractivity contribution is 7.20. The van der Waals surface area contributed by atoms with E-state index in [1.54, 1.807) is 11.3 Å². The quantitative estimate of drug-likeness (QED) is 0.853. The molecule has 0 aromatic carbocycles. The van der Waals surface area contributed by atoms with Gasteiger partial charge in [-0.1, -0.05) is 6.07 Å². The van der Waals surface area contributed by atoms with Gasteiger partial charge in [0.2, 0.25) is 0 Å². The number of nitrogens with zero attached hydrogens (tertiary/aromatic N) is 1. The maximum atomic E-state index is 11.6. The number of amides is 1. The molecule has 0 saturated heterocycles. The van der Waals surface area contributed by atoms with Crippen LogP contribution in [0.25, 0.3) is 9.88 Å². The molecule has 0 spiro atoms. The first-order valence-corrected chi connectivity index (χ1v) is 7.29. The summed E-state index contributed by atoms with van der Waals surface area (Å²) in [5.74, 6) is -1.17. The van der Waals surface area contributed by atoms with Crippen LogP contribution < -0.4 is 5.73 Å². The van der Waals surface area contributed by atoms with Gasteiger partial charge >= 0.3 is 5.97 Å². The summed E-state index contributed by atoms with van der Waals surface area (Å²) in [6.07, 6.45) is -0.873. The van der Waals surface area contributed by atoms with E-state index in [2.05, 4.69) is 4.98 Å². The summed E-state index contributed by atoms with van der Waals surface area (Å²) in [5, 5.41) is 4.66. The van der Waals surface area contributed by atoms with Gasteiger partial charge in [-0.05, 0) is 18.4 Å². The topological polar surface area (TPSA) is 82.3 Å². The van der Waals surface area contributed by atoms with Crippen molar-refractivity contribution in [2.24, 2.45) is 5.73 Å². The van der Waals surface area contributed by atoms with Gasteiger partial charge in [0.05, 0.1) is 17.0 Å². The standard InChI is InChI=1S/C12H12N2O3S2/c1-7(11(13)16)17-10(15)5-8-6-19-12(14-8)9-3-2-4-18-9/h2-4,6-7H,5H2,1H3,(H2,13,16)/t7-/m1/s1. The first kappa shape index (κ1) is 13.7. The number of nitrogens with two attached hydrogens (primary N) is 1. The number of primary amides is 1. The molecule has 0 bridgehead atoms. The van der Waals surface area contributed by atoms with Crippen LogP contribution in [0.15, 0.2) is 22.9 Å². The molecule has 0 fully saturated rings. The molecule has 19 heavy (non-hydrogen) atoms. The Hall–Kier alpha value is -1.73. The number of thiophene rings is 1. The third-order valence-corrected chi connectivity index (χ3v) is 4.25. The normalized spacial score (nSPS) is 12.1. The summed E-state index contributed by atoms with van der Waals surface area (Å²) in [4.78, 5) is 27.8. The highest BCUT2D eigenvalue weighted by Crippen LogP contribution is 2.27. The minimum Gasteiger partial charge on any atom is -0.452 e. The molecule has 1 amide bonds. The predicted octanol–water partition coefficient (Wildman–Crippen LogP) is 1.83. The fraction of sp³-hybridized carbons (Fsp3) is 0.250. The number of aromatic nitrogens is 1. The van der Waals surface area contributed by atoms with Crippen LogP contribution in [0, 0.1) is 0 Å². The van der Waals surface area contributed by atoms with Crippen molar-refractivity contribution in [3.8, 4) is 9.88 Å². The summed E-state index contributed by atoms with van der Waals surface area (Å²) in [5.41, 5.74) is 5.65. The highest BCUT2D eigenvalue weighted by Gasteiger charge is 2.16. The van der Waals surface area contributed by atoms with Crippen molar-refractivity contribution >= 4 is 34.6 Å². The van der Waals surface area contributed by atoms with Gasteiger partial charge in [0.1, 0.15) is 5.01 Å². The van der Waals surface area contributed by atoms with Crippen LogP contribution in [-0.4, -0.2) is 23.0 Å². The molecule has 0 aliphatic rings. The summed E-state index contributed by atoms with van der Waals surface area (Å²) < 4.78 is 4.87. The lowest BCUT2D eigenvalue weighted by molar-refractivity contribution is -0.153. The molecular weight excluding hydrogens is 284 g/mol. The van der Waals surface area contributed by atoms with E-state index in [0.29, 0.717) is 5.69 Å². The van der Waals surface area contributed by atoms with Crippen LogP contribution in [0.4, 0.5) is 0 Å². The number of thiazole rings is 1. The van der Waals surface area contributed by atoms with E-state index in [1.165, 1.54) is 18.3 Å². The molecule has 2 rings (SSSR count). The molecule has 1 atom stereocenters. The SMILES string of the molecule is C[C@@H](OC(=O)Cc1csc(-c2cccs2)n1)C(N)=O. The zero-order valence-corrected chi connectivity index (χ0v) is 11.8. The maximum absolute atomic E-state index is 11.6. The molecule has 100 valence electrons. The summed E-state index contributed by atoms with van der Waals surface area (Å²) in [7, 11) is 0. The Morgan fingerprint density at radius 1 is 1.47 bits per heavy atom. The fourth-order valence-electron chi connectivity index (χ4n) is 1.35. The van der Waals surface area contributed by atoms with Crippen LogP contribution in [0.5, 0.6) is 0 Å². The van der Waals surface area contributed by atoms with Gasteiger partial charge in [-0.15, -0.1) is 22.7 Å². The van der Waals surface area contributed by atoms with Crippen LogP contribution in [0.1, 0.15) is 12.6 Å². The minimum atomic E-state index is -0.914. The molecule has 2 aromatic rings. The van der Waals surface area contributed by atoms with Gasteiger partial charge < -0.3 is 10.5 Å². The van der Waals surface area contributed by atoms with E-state index in [-0.39, 0.29) is 6.42 Å². The van der Waals surface area contributed by atoms with Gasteiger partial charge in [-0.25, -0.2) is 4.98 Å². The lowest BCUT2D eigenvalue weighted by Gasteiger charge is -2.08. The Labute approximate surface area is 118 Å². The molecule has 2 N–H and O–H groups in total. The third-order valence-electron chi connectivity index (χ3n) is 2.32. The van der Waals surface area contributed by atoms with Crippen LogP contribution >= 0.6 is 22.7 Å². The Bertz CT molecular complexity index is 578. The highest BCUT2D eigenvalue weighted by atomic mass is 32.1. The Balaban J connectivity index is 1.97. The minimum absolute atomic E-state index is 0.0412. The number of carbonyl (C=O) groups excluding carboxylic acids is 2. The van der Waals surface area contributed by atoms with Crippen molar-refractivity contribution in [3.63, 3.8) is 0 Å². The van der Waals surface area contributed by atoms with Crippen molar-refractivity contribution < 1.29 is 14.3 Å². The van der Waals surface area contributed by atoms with Crippen molar-refractivity contribution in [2.45, 2.75) is 19.4 Å². The Morgan fingerprint density at radius 3 is 2.89 bits per heavy atom. The zero-order valence-electron chi connectivity index (χ0n) is 10.2. The molecule has 2 heterocycles. The molecule has 0 radical (unpaired) electrons. The first-order valence-electron chi connectivity index (χ1n) is 5.53. The summed E-state index contributed by atoms with van der Waals surface area (Å²) in [6, 6.07) is 3.92. The van der Waals surface area contributed by atoms with E-state index in [1.807, 2.05) is 22.9 Å². The number of carbonyl (C=O) groups is 2. The third kappa shape index (κ3) is 3.62. The Kier molecular flexibility index (Phi) is 4.28. The lowest BCUT2D eigenvalue weighted by atomic mass is 10.3. The number of hydrogen-bond donors (Lipinski definition) is 1. The summed E-state index contributed by atoms with van der Waals surface area (Å²) >= 11 is 3.07. The second-order valence-corrected chi connectivity index (χ2v) is 5.64. The van der Waals surface area contributed by atoms with Crippen LogP contribution in [-0.2, 0) is 20.7 Å². The monoisotopic (exact) mass is 296 g/mol.